The molecule has 1 atom stereocenters. The van der Waals surface area contributed by atoms with Crippen molar-refractivity contribution >= 4 is 22.5 Å². The number of halogens is 3. The molecule has 0 spiro atoms. The van der Waals surface area contributed by atoms with Crippen LogP contribution >= 0.6 is 0 Å². The van der Waals surface area contributed by atoms with E-state index in [1.165, 1.54) is 0 Å². The minimum atomic E-state index is -4.57. The number of alkyl halides is 3. The van der Waals surface area contributed by atoms with E-state index in [0.29, 0.717) is 24.8 Å². The van der Waals surface area contributed by atoms with E-state index >= 15 is 0 Å². The standard InChI is InChI=1S/C23H21F3N4O/c1-3-4-5-10-22(2,20-18(27)13-17(14-29-20)23(24,25)26)30-21(31)16-8-9-19-15(12-16)7-6-11-28-19/h1,6-9,11-14H,4-5,10,27H2,2H3,(H,30,31). The second-order valence-corrected chi connectivity index (χ2v) is 7.41. The van der Waals surface area contributed by atoms with Crippen LogP contribution in [0.5, 0.6) is 0 Å². The molecule has 3 rings (SSSR count). The van der Waals surface area contributed by atoms with Gasteiger partial charge in [-0.2, -0.15) is 13.2 Å². The van der Waals surface area contributed by atoms with Gasteiger partial charge in [0.1, 0.15) is 0 Å². The summed E-state index contributed by atoms with van der Waals surface area (Å²) in [7, 11) is 0. The Balaban J connectivity index is 1.95. The van der Waals surface area contributed by atoms with Crippen molar-refractivity contribution in [1.82, 2.24) is 15.3 Å². The van der Waals surface area contributed by atoms with Gasteiger partial charge >= 0.3 is 6.18 Å². The molecule has 0 fully saturated rings. The zero-order valence-electron chi connectivity index (χ0n) is 16.8. The highest BCUT2D eigenvalue weighted by molar-refractivity contribution is 5.98. The largest absolute Gasteiger partial charge is 0.417 e. The molecule has 8 heteroatoms. The van der Waals surface area contributed by atoms with Gasteiger partial charge < -0.3 is 11.1 Å². The number of aromatic nitrogens is 2. The van der Waals surface area contributed by atoms with Gasteiger partial charge in [-0.25, -0.2) is 0 Å². The molecule has 0 aliphatic heterocycles. The van der Waals surface area contributed by atoms with Crippen molar-refractivity contribution in [3.63, 3.8) is 0 Å². The third kappa shape index (κ3) is 4.94. The van der Waals surface area contributed by atoms with E-state index in [9.17, 15) is 18.0 Å². The maximum absolute atomic E-state index is 13.0. The van der Waals surface area contributed by atoms with Gasteiger partial charge in [0.2, 0.25) is 0 Å². The van der Waals surface area contributed by atoms with Crippen molar-refractivity contribution in [3.05, 3.63) is 65.6 Å². The molecule has 1 unspecified atom stereocenters. The third-order valence-corrected chi connectivity index (χ3v) is 5.02. The minimum Gasteiger partial charge on any atom is -0.397 e. The number of unbranched alkanes of at least 4 members (excludes halogenated alkanes) is 1. The van der Waals surface area contributed by atoms with Crippen LogP contribution in [0.2, 0.25) is 0 Å². The first-order valence-corrected chi connectivity index (χ1v) is 9.58. The van der Waals surface area contributed by atoms with Gasteiger partial charge in [0.05, 0.1) is 28.0 Å². The second kappa shape index (κ2) is 8.64. The molecule has 0 saturated carbocycles. The fraction of sp³-hybridized carbons (Fsp3) is 0.261. The fourth-order valence-corrected chi connectivity index (χ4v) is 3.42. The molecule has 3 N–H and O–H groups in total. The van der Waals surface area contributed by atoms with Crippen LogP contribution < -0.4 is 11.1 Å². The molecule has 0 saturated heterocycles. The Bertz CT molecular complexity index is 1150. The number of pyridine rings is 2. The van der Waals surface area contributed by atoms with Crippen molar-refractivity contribution < 1.29 is 18.0 Å². The summed E-state index contributed by atoms with van der Waals surface area (Å²) in [6.45, 7) is 1.68. The van der Waals surface area contributed by atoms with E-state index < -0.39 is 23.2 Å². The maximum Gasteiger partial charge on any atom is 0.417 e. The lowest BCUT2D eigenvalue weighted by atomic mass is 9.88. The van der Waals surface area contributed by atoms with Crippen LogP contribution in [0.15, 0.2) is 48.8 Å². The summed E-state index contributed by atoms with van der Waals surface area (Å²) in [5, 5.41) is 3.69. The Hall–Kier alpha value is -3.60. The number of nitrogen functional groups attached to an aromatic ring is 1. The highest BCUT2D eigenvalue weighted by Crippen LogP contribution is 2.35. The van der Waals surface area contributed by atoms with Gasteiger partial charge in [-0.15, -0.1) is 12.3 Å². The van der Waals surface area contributed by atoms with Crippen molar-refractivity contribution in [3.8, 4) is 12.3 Å². The summed E-state index contributed by atoms with van der Waals surface area (Å²) in [6, 6.07) is 9.49. The number of fused-ring (bicyclic) bond motifs is 1. The number of nitrogens with one attached hydrogen (secondary N) is 1. The lowest BCUT2D eigenvalue weighted by molar-refractivity contribution is -0.137. The fourth-order valence-electron chi connectivity index (χ4n) is 3.42. The lowest BCUT2D eigenvalue weighted by Gasteiger charge is -2.32. The first-order valence-electron chi connectivity index (χ1n) is 9.58. The number of terminal acetylenes is 1. The summed E-state index contributed by atoms with van der Waals surface area (Å²) in [4.78, 5) is 21.2. The number of anilines is 1. The Morgan fingerprint density at radius 2 is 2.00 bits per heavy atom. The molecule has 0 bridgehead atoms. The third-order valence-electron chi connectivity index (χ3n) is 5.02. The van der Waals surface area contributed by atoms with E-state index in [4.69, 9.17) is 12.2 Å². The van der Waals surface area contributed by atoms with Gasteiger partial charge in [0.25, 0.3) is 5.91 Å². The Labute approximate surface area is 177 Å². The number of nitrogens with zero attached hydrogens (tertiary/aromatic N) is 2. The molecule has 0 aliphatic rings. The molecular weight excluding hydrogens is 405 g/mol. The van der Waals surface area contributed by atoms with Crippen molar-refractivity contribution in [2.24, 2.45) is 0 Å². The molecule has 2 aromatic heterocycles. The van der Waals surface area contributed by atoms with Crippen LogP contribution in [0.3, 0.4) is 0 Å². The number of hydrogen-bond acceptors (Lipinski definition) is 4. The first kappa shape index (κ1) is 22.1. The van der Waals surface area contributed by atoms with Crippen LogP contribution in [0, 0.1) is 12.3 Å². The van der Waals surface area contributed by atoms with E-state index in [1.54, 1.807) is 37.4 Å². The molecule has 0 aliphatic carbocycles. The second-order valence-electron chi connectivity index (χ2n) is 7.41. The maximum atomic E-state index is 13.0. The van der Waals surface area contributed by atoms with Gasteiger partial charge in [-0.05, 0) is 50.1 Å². The Kier molecular flexibility index (Phi) is 6.16. The topological polar surface area (TPSA) is 80.9 Å². The number of benzene rings is 1. The van der Waals surface area contributed by atoms with Crippen molar-refractivity contribution in [1.29, 1.82) is 0 Å². The lowest BCUT2D eigenvalue weighted by Crippen LogP contribution is -2.44. The molecule has 2 heterocycles. The molecular formula is C23H21F3N4O. The zero-order valence-corrected chi connectivity index (χ0v) is 16.8. The molecule has 1 aromatic carbocycles. The number of carbonyl (C=O) groups excluding carboxylic acids is 1. The summed E-state index contributed by atoms with van der Waals surface area (Å²) < 4.78 is 39.0. The molecule has 0 radical (unpaired) electrons. The number of hydrogen-bond donors (Lipinski definition) is 2. The van der Waals surface area contributed by atoms with Gasteiger partial charge in [-0.1, -0.05) is 6.07 Å². The molecule has 1 amide bonds. The highest BCUT2D eigenvalue weighted by atomic mass is 19.4. The average molecular weight is 426 g/mol. The zero-order chi connectivity index (χ0) is 22.6. The van der Waals surface area contributed by atoms with Crippen LogP contribution in [-0.4, -0.2) is 15.9 Å². The highest BCUT2D eigenvalue weighted by Gasteiger charge is 2.36. The predicted octanol–water partition coefficient (Wildman–Crippen LogP) is 4.68. The van der Waals surface area contributed by atoms with Crippen LogP contribution in [0.4, 0.5) is 18.9 Å². The van der Waals surface area contributed by atoms with E-state index in [2.05, 4.69) is 21.2 Å². The van der Waals surface area contributed by atoms with E-state index in [1.807, 2.05) is 6.07 Å². The van der Waals surface area contributed by atoms with E-state index in [0.717, 1.165) is 23.2 Å². The number of nitrogens with two attached hydrogens (primary N) is 1. The number of carbonyl (C=O) groups is 1. The number of amides is 1. The minimum absolute atomic E-state index is 0.152. The monoisotopic (exact) mass is 426 g/mol. The number of rotatable bonds is 6. The molecule has 5 nitrogen and oxygen atoms in total. The summed E-state index contributed by atoms with van der Waals surface area (Å²) in [5.74, 6) is 2.11. The van der Waals surface area contributed by atoms with Gasteiger partial charge in [-0.3, -0.25) is 14.8 Å². The Morgan fingerprint density at radius 1 is 1.23 bits per heavy atom. The van der Waals surface area contributed by atoms with Crippen LogP contribution in [0.25, 0.3) is 10.9 Å². The van der Waals surface area contributed by atoms with Crippen molar-refractivity contribution in [2.45, 2.75) is 37.9 Å². The summed E-state index contributed by atoms with van der Waals surface area (Å²) in [6.07, 6.45) is 4.45. The Morgan fingerprint density at radius 3 is 2.68 bits per heavy atom. The quantitative estimate of drug-likeness (QED) is 0.443. The molecule has 3 aromatic rings. The molecule has 31 heavy (non-hydrogen) atoms. The average Bonchev–Trinajstić information content (AvgIpc) is 2.72. The van der Waals surface area contributed by atoms with Crippen LogP contribution in [0.1, 0.15) is 47.8 Å². The summed E-state index contributed by atoms with van der Waals surface area (Å²) >= 11 is 0. The van der Waals surface area contributed by atoms with Gasteiger partial charge in [0.15, 0.2) is 0 Å². The summed E-state index contributed by atoms with van der Waals surface area (Å²) in [5.41, 5.74) is 5.00. The normalized spacial score (nSPS) is 13.4. The van der Waals surface area contributed by atoms with Crippen molar-refractivity contribution in [2.75, 3.05) is 5.73 Å². The van der Waals surface area contributed by atoms with Crippen LogP contribution in [-0.2, 0) is 11.7 Å². The predicted molar refractivity (Wildman–Crippen MR) is 113 cm³/mol. The first-order chi connectivity index (χ1) is 14.6. The SMILES string of the molecule is C#CCCCC(C)(NC(=O)c1ccc2ncccc2c1)c1ncc(C(F)(F)F)cc1N. The smallest absolute Gasteiger partial charge is 0.397 e. The van der Waals surface area contributed by atoms with E-state index in [-0.39, 0.29) is 11.4 Å². The molecule has 160 valence electrons. The van der Waals surface area contributed by atoms with Gasteiger partial charge in [0, 0.05) is 29.8 Å².